The number of hydrogen-bond acceptors (Lipinski definition) is 8. The maximum absolute atomic E-state index is 14.0. The lowest BCUT2D eigenvalue weighted by atomic mass is 9.96. The summed E-state index contributed by atoms with van der Waals surface area (Å²) in [5, 5.41) is 17.1. The second-order valence-corrected chi connectivity index (χ2v) is 9.82. The molecule has 4 heterocycles. The Morgan fingerprint density at radius 3 is 2.66 bits per heavy atom. The number of aliphatic hydroxyl groups excluding tert-OH is 1. The molecule has 0 saturated carbocycles. The number of ether oxygens (including phenoxy) is 1. The molecule has 1 aromatic carbocycles. The summed E-state index contributed by atoms with van der Waals surface area (Å²) in [6.45, 7) is 3.54. The van der Waals surface area contributed by atoms with Crippen LogP contribution in [0.5, 0.6) is 0 Å². The van der Waals surface area contributed by atoms with Crippen LogP contribution in [0.4, 0.5) is 0 Å². The van der Waals surface area contributed by atoms with Gasteiger partial charge in [-0.1, -0.05) is 43.3 Å². The lowest BCUT2D eigenvalue weighted by Gasteiger charge is -2.47. The number of carbonyl (C=O) groups excluding carboxylic acids is 4. The number of carbonyl (C=O) groups is 4. The van der Waals surface area contributed by atoms with Gasteiger partial charge in [0.2, 0.25) is 18.1 Å². The van der Waals surface area contributed by atoms with Gasteiger partial charge in [-0.05, 0) is 30.8 Å². The molecule has 3 N–H and O–H groups in total. The molecule has 1 aromatic heterocycles. The summed E-state index contributed by atoms with van der Waals surface area (Å²) in [7, 11) is 0. The molecular weight excluding hydrogens is 490 g/mol. The van der Waals surface area contributed by atoms with Gasteiger partial charge in [-0.25, -0.2) is 0 Å². The highest BCUT2D eigenvalue weighted by molar-refractivity contribution is 6.06. The smallest absolute Gasteiger partial charge is 0.310 e. The Labute approximate surface area is 219 Å². The van der Waals surface area contributed by atoms with Gasteiger partial charge >= 0.3 is 5.97 Å². The maximum Gasteiger partial charge on any atom is 0.310 e. The molecule has 2 aromatic rings. The number of benzene rings is 1. The van der Waals surface area contributed by atoms with Gasteiger partial charge in [0.1, 0.15) is 23.8 Å². The summed E-state index contributed by atoms with van der Waals surface area (Å²) in [5.41, 5.74) is 0.225. The van der Waals surface area contributed by atoms with E-state index in [1.165, 1.54) is 0 Å². The van der Waals surface area contributed by atoms with Crippen LogP contribution >= 0.6 is 0 Å². The minimum Gasteiger partial charge on any atom is -0.434 e. The molecule has 2 unspecified atom stereocenters. The Bertz CT molecular complexity index is 1280. The van der Waals surface area contributed by atoms with Crippen LogP contribution in [0.25, 0.3) is 10.8 Å². The summed E-state index contributed by atoms with van der Waals surface area (Å²) in [6, 6.07) is 6.27. The van der Waals surface area contributed by atoms with E-state index in [9.17, 15) is 24.3 Å². The molecule has 5 rings (SSSR count). The Kier molecular flexibility index (Phi) is 7.39. The van der Waals surface area contributed by atoms with Gasteiger partial charge in [-0.15, -0.1) is 0 Å². The Balaban J connectivity index is 1.40. The molecule has 2 fully saturated rings. The van der Waals surface area contributed by atoms with Crippen LogP contribution in [0.3, 0.4) is 0 Å². The Morgan fingerprint density at radius 2 is 1.89 bits per heavy atom. The molecule has 3 aliphatic heterocycles. The number of cyclic esters (lactones) is 1. The second-order valence-electron chi connectivity index (χ2n) is 9.82. The predicted molar refractivity (Wildman–Crippen MR) is 137 cm³/mol. The van der Waals surface area contributed by atoms with Gasteiger partial charge in [0.25, 0.3) is 5.91 Å². The predicted octanol–water partition coefficient (Wildman–Crippen LogP) is 0.335. The van der Waals surface area contributed by atoms with E-state index in [0.717, 1.165) is 5.39 Å². The highest BCUT2D eigenvalue weighted by atomic mass is 16.6. The van der Waals surface area contributed by atoms with E-state index >= 15 is 0 Å². The fourth-order valence-electron chi connectivity index (χ4n) is 5.40. The van der Waals surface area contributed by atoms with Crippen molar-refractivity contribution in [3.63, 3.8) is 0 Å². The summed E-state index contributed by atoms with van der Waals surface area (Å²) >= 11 is 0. The zero-order chi connectivity index (χ0) is 26.8. The van der Waals surface area contributed by atoms with Crippen molar-refractivity contribution < 1.29 is 29.0 Å². The standard InChI is InChI=1S/C27H31N5O6/c1-2-31-14-17-8-4-6-10-19(29-25(35)23-18-9-5-3-7-16(18)11-12-28-23)26(36)32(17)21(15-31)24(34)30-20-13-22(33)38-27(20)37/h3-7,9,11-12,17,19-21,27,37H,2,8,10,13-15H2,1H3,(H,29,35)(H,30,34)/t17-,19-,20?,21-,27?/m0/s1. The minimum absolute atomic E-state index is 0.145. The number of piperazine rings is 1. The van der Waals surface area contributed by atoms with Crippen molar-refractivity contribution >= 4 is 34.5 Å². The highest BCUT2D eigenvalue weighted by Crippen LogP contribution is 2.25. The molecule has 2 saturated heterocycles. The van der Waals surface area contributed by atoms with Crippen molar-refractivity contribution in [2.45, 2.75) is 56.6 Å². The lowest BCUT2D eigenvalue weighted by molar-refractivity contribution is -0.156. The van der Waals surface area contributed by atoms with Crippen LogP contribution in [0.2, 0.25) is 0 Å². The van der Waals surface area contributed by atoms with E-state index in [1.807, 2.05) is 49.4 Å². The van der Waals surface area contributed by atoms with Crippen LogP contribution in [-0.2, 0) is 19.1 Å². The first kappa shape index (κ1) is 25.8. The topological polar surface area (TPSA) is 141 Å². The number of pyridine rings is 1. The van der Waals surface area contributed by atoms with Crippen LogP contribution < -0.4 is 10.6 Å². The lowest BCUT2D eigenvalue weighted by Crippen LogP contribution is -2.68. The SMILES string of the molecule is CCN1C[C@@H]2CC=CC[C@H](NC(=O)c3nccc4ccccc34)C(=O)N2[C@H](C(=O)NC2CC(=O)OC2O)C1. The number of amides is 3. The maximum atomic E-state index is 14.0. The number of aliphatic hydroxyl groups is 1. The quantitative estimate of drug-likeness (QED) is 0.378. The van der Waals surface area contributed by atoms with Crippen LogP contribution in [0, 0.1) is 0 Å². The molecule has 5 atom stereocenters. The van der Waals surface area contributed by atoms with Gasteiger partial charge in [0.05, 0.1) is 6.42 Å². The average Bonchev–Trinajstić information content (AvgIpc) is 3.23. The number of rotatable bonds is 5. The van der Waals surface area contributed by atoms with Gasteiger partial charge in [-0.3, -0.25) is 29.1 Å². The molecule has 0 bridgehead atoms. The van der Waals surface area contributed by atoms with E-state index in [0.29, 0.717) is 24.9 Å². The van der Waals surface area contributed by atoms with Crippen molar-refractivity contribution in [2.24, 2.45) is 0 Å². The van der Waals surface area contributed by atoms with E-state index in [1.54, 1.807) is 11.1 Å². The molecule has 3 amide bonds. The molecule has 200 valence electrons. The third-order valence-electron chi connectivity index (χ3n) is 7.38. The van der Waals surface area contributed by atoms with E-state index in [2.05, 4.69) is 20.5 Å². The first-order chi connectivity index (χ1) is 18.4. The van der Waals surface area contributed by atoms with E-state index in [-0.39, 0.29) is 37.0 Å². The van der Waals surface area contributed by atoms with E-state index in [4.69, 9.17) is 4.74 Å². The number of nitrogens with one attached hydrogen (secondary N) is 2. The molecular formula is C27H31N5O6. The number of nitrogens with zero attached hydrogens (tertiary/aromatic N) is 3. The van der Waals surface area contributed by atoms with Crippen molar-refractivity contribution in [3.05, 3.63) is 54.4 Å². The minimum atomic E-state index is -1.43. The number of esters is 1. The van der Waals surface area contributed by atoms with Crippen molar-refractivity contribution in [3.8, 4) is 0 Å². The first-order valence-corrected chi connectivity index (χ1v) is 12.9. The molecule has 3 aliphatic rings. The Morgan fingerprint density at radius 1 is 1.11 bits per heavy atom. The van der Waals surface area contributed by atoms with Crippen molar-refractivity contribution in [2.75, 3.05) is 19.6 Å². The first-order valence-electron chi connectivity index (χ1n) is 12.9. The fourth-order valence-corrected chi connectivity index (χ4v) is 5.40. The van der Waals surface area contributed by atoms with Crippen LogP contribution in [-0.4, -0.2) is 93.7 Å². The van der Waals surface area contributed by atoms with Crippen molar-refractivity contribution in [1.29, 1.82) is 0 Å². The van der Waals surface area contributed by atoms with Gasteiger partial charge in [0, 0.05) is 30.7 Å². The third-order valence-corrected chi connectivity index (χ3v) is 7.38. The highest BCUT2D eigenvalue weighted by Gasteiger charge is 2.45. The summed E-state index contributed by atoms with van der Waals surface area (Å²) in [6.07, 6.45) is 4.67. The molecule has 0 aliphatic carbocycles. The second kappa shape index (κ2) is 10.9. The van der Waals surface area contributed by atoms with Crippen LogP contribution in [0.1, 0.15) is 36.7 Å². The molecule has 11 nitrogen and oxygen atoms in total. The monoisotopic (exact) mass is 521 g/mol. The molecule has 11 heteroatoms. The molecule has 0 radical (unpaired) electrons. The number of fused-ring (bicyclic) bond motifs is 2. The summed E-state index contributed by atoms with van der Waals surface area (Å²) in [4.78, 5) is 60.2. The molecule has 0 spiro atoms. The number of hydrogen-bond donors (Lipinski definition) is 3. The number of aromatic nitrogens is 1. The van der Waals surface area contributed by atoms with Crippen molar-refractivity contribution in [1.82, 2.24) is 25.4 Å². The zero-order valence-electron chi connectivity index (χ0n) is 21.1. The molecule has 38 heavy (non-hydrogen) atoms. The van der Waals surface area contributed by atoms with Gasteiger partial charge in [-0.2, -0.15) is 0 Å². The largest absolute Gasteiger partial charge is 0.434 e. The van der Waals surface area contributed by atoms with Gasteiger partial charge in [0.15, 0.2) is 0 Å². The Hall–Kier alpha value is -3.83. The summed E-state index contributed by atoms with van der Waals surface area (Å²) < 4.78 is 4.75. The fraction of sp³-hybridized carbons (Fsp3) is 0.444. The summed E-state index contributed by atoms with van der Waals surface area (Å²) in [5.74, 6) is -1.90. The normalized spacial score (nSPS) is 27.8. The number of likely N-dealkylation sites (N-methyl/N-ethyl adjacent to an activating group) is 1. The van der Waals surface area contributed by atoms with Crippen LogP contribution in [0.15, 0.2) is 48.7 Å². The average molecular weight is 522 g/mol. The zero-order valence-corrected chi connectivity index (χ0v) is 21.1. The van der Waals surface area contributed by atoms with E-state index < -0.39 is 42.2 Å². The van der Waals surface area contributed by atoms with Gasteiger partial charge < -0.3 is 25.4 Å². The third kappa shape index (κ3) is 5.11.